The molecule has 0 spiro atoms. The maximum atomic E-state index is 12.6. The number of ether oxygens (including phenoxy) is 1. The van der Waals surface area contributed by atoms with Crippen LogP contribution in [0.15, 0.2) is 42.5 Å². The summed E-state index contributed by atoms with van der Waals surface area (Å²) >= 11 is 0. The van der Waals surface area contributed by atoms with E-state index in [-0.39, 0.29) is 12.4 Å². The molecule has 1 heterocycles. The summed E-state index contributed by atoms with van der Waals surface area (Å²) in [6.45, 7) is 2.80. The van der Waals surface area contributed by atoms with Crippen molar-refractivity contribution in [2.24, 2.45) is 0 Å². The number of nitrogens with one attached hydrogen (secondary N) is 1. The third kappa shape index (κ3) is 4.37. The first-order chi connectivity index (χ1) is 9.99. The number of alkyl halides is 3. The average molecular weight is 296 g/mol. The smallest absolute Gasteiger partial charge is 0.416 e. The second kappa shape index (κ2) is 6.47. The predicted molar refractivity (Wildman–Crippen MR) is 74.2 cm³/mol. The van der Waals surface area contributed by atoms with Gasteiger partial charge in [0.05, 0.1) is 11.3 Å². The van der Waals surface area contributed by atoms with Crippen LogP contribution in [0.3, 0.4) is 0 Å². The largest absolute Gasteiger partial charge is 0.487 e. The Labute approximate surface area is 120 Å². The Morgan fingerprint density at radius 3 is 2.62 bits per heavy atom. The topological polar surface area (TPSA) is 34.1 Å². The van der Waals surface area contributed by atoms with Gasteiger partial charge in [0.25, 0.3) is 0 Å². The minimum absolute atomic E-state index is 0.112. The monoisotopic (exact) mass is 296 g/mol. The van der Waals surface area contributed by atoms with Crippen LogP contribution in [0.4, 0.5) is 19.0 Å². The minimum Gasteiger partial charge on any atom is -0.487 e. The standard InChI is InChI=1S/C15H15F3N2O/c1-2-19-14-8-4-6-12(20-14)10-21-13-7-3-5-11(9-13)15(16,17)18/h3-9H,2,10H2,1H3,(H,19,20). The van der Waals surface area contributed by atoms with Crippen molar-refractivity contribution in [3.05, 3.63) is 53.7 Å². The van der Waals surface area contributed by atoms with E-state index in [0.717, 1.165) is 18.7 Å². The molecule has 1 N–H and O–H groups in total. The number of hydrogen-bond acceptors (Lipinski definition) is 3. The van der Waals surface area contributed by atoms with Gasteiger partial charge in [0, 0.05) is 6.54 Å². The van der Waals surface area contributed by atoms with Crippen LogP contribution >= 0.6 is 0 Å². The molecular weight excluding hydrogens is 281 g/mol. The van der Waals surface area contributed by atoms with Crippen LogP contribution in [0.25, 0.3) is 0 Å². The van der Waals surface area contributed by atoms with Gasteiger partial charge in [0.2, 0.25) is 0 Å². The van der Waals surface area contributed by atoms with Crippen molar-refractivity contribution in [1.29, 1.82) is 0 Å². The second-order valence-corrected chi connectivity index (χ2v) is 4.36. The van der Waals surface area contributed by atoms with E-state index in [9.17, 15) is 13.2 Å². The second-order valence-electron chi connectivity index (χ2n) is 4.36. The summed E-state index contributed by atoms with van der Waals surface area (Å²) in [6.07, 6.45) is -4.37. The SMILES string of the molecule is CCNc1cccc(COc2cccc(C(F)(F)F)c2)n1. The minimum atomic E-state index is -4.37. The molecule has 0 radical (unpaired) electrons. The molecular formula is C15H15F3N2O. The van der Waals surface area contributed by atoms with E-state index < -0.39 is 11.7 Å². The lowest BCUT2D eigenvalue weighted by Gasteiger charge is -2.10. The van der Waals surface area contributed by atoms with Crippen LogP contribution in [0.1, 0.15) is 18.2 Å². The van der Waals surface area contributed by atoms with E-state index in [4.69, 9.17) is 4.74 Å². The number of pyridine rings is 1. The molecule has 112 valence electrons. The highest BCUT2D eigenvalue weighted by Crippen LogP contribution is 2.31. The Morgan fingerprint density at radius 1 is 1.14 bits per heavy atom. The van der Waals surface area contributed by atoms with Crippen LogP contribution in [0.2, 0.25) is 0 Å². The van der Waals surface area contributed by atoms with E-state index in [2.05, 4.69) is 10.3 Å². The van der Waals surface area contributed by atoms with Crippen LogP contribution in [-0.4, -0.2) is 11.5 Å². The van der Waals surface area contributed by atoms with Gasteiger partial charge < -0.3 is 10.1 Å². The van der Waals surface area contributed by atoms with Gasteiger partial charge in [-0.3, -0.25) is 0 Å². The molecule has 0 aliphatic heterocycles. The first-order valence-corrected chi connectivity index (χ1v) is 6.49. The molecule has 1 aromatic heterocycles. The van der Waals surface area contributed by atoms with Gasteiger partial charge in [-0.1, -0.05) is 12.1 Å². The zero-order valence-electron chi connectivity index (χ0n) is 11.4. The Bertz CT molecular complexity index is 599. The Balaban J connectivity index is 2.04. The first kappa shape index (κ1) is 15.2. The molecule has 21 heavy (non-hydrogen) atoms. The van der Waals surface area contributed by atoms with Crippen molar-refractivity contribution in [1.82, 2.24) is 4.98 Å². The average Bonchev–Trinajstić information content (AvgIpc) is 2.45. The van der Waals surface area contributed by atoms with Gasteiger partial charge in [0.1, 0.15) is 18.2 Å². The zero-order valence-corrected chi connectivity index (χ0v) is 11.4. The molecule has 0 bridgehead atoms. The Morgan fingerprint density at radius 2 is 1.90 bits per heavy atom. The maximum Gasteiger partial charge on any atom is 0.416 e. The summed E-state index contributed by atoms with van der Waals surface area (Å²) in [5, 5.41) is 3.06. The number of hydrogen-bond donors (Lipinski definition) is 1. The van der Waals surface area contributed by atoms with E-state index >= 15 is 0 Å². The van der Waals surface area contributed by atoms with Gasteiger partial charge in [0.15, 0.2) is 0 Å². The number of halogens is 3. The molecule has 0 saturated heterocycles. The summed E-state index contributed by atoms with van der Waals surface area (Å²) in [7, 11) is 0. The molecule has 0 atom stereocenters. The van der Waals surface area contributed by atoms with Crippen LogP contribution < -0.4 is 10.1 Å². The molecule has 6 heteroatoms. The highest BCUT2D eigenvalue weighted by atomic mass is 19.4. The summed E-state index contributed by atoms with van der Waals surface area (Å²) in [5.74, 6) is 0.878. The first-order valence-electron chi connectivity index (χ1n) is 6.49. The Kier molecular flexibility index (Phi) is 4.67. The maximum absolute atomic E-state index is 12.6. The molecule has 2 aromatic rings. The van der Waals surface area contributed by atoms with Crippen molar-refractivity contribution in [3.63, 3.8) is 0 Å². The van der Waals surface area contributed by atoms with Crippen molar-refractivity contribution in [3.8, 4) is 5.75 Å². The molecule has 0 aliphatic rings. The van der Waals surface area contributed by atoms with Crippen molar-refractivity contribution in [2.75, 3.05) is 11.9 Å². The van der Waals surface area contributed by atoms with Gasteiger partial charge >= 0.3 is 6.18 Å². The fourth-order valence-corrected chi connectivity index (χ4v) is 1.76. The van der Waals surface area contributed by atoms with Gasteiger partial charge in [-0.25, -0.2) is 4.98 Å². The van der Waals surface area contributed by atoms with Gasteiger partial charge in [-0.05, 0) is 37.3 Å². The lowest BCUT2D eigenvalue weighted by Crippen LogP contribution is -2.06. The lowest BCUT2D eigenvalue weighted by molar-refractivity contribution is -0.137. The lowest BCUT2D eigenvalue weighted by atomic mass is 10.2. The molecule has 3 nitrogen and oxygen atoms in total. The fourth-order valence-electron chi connectivity index (χ4n) is 1.76. The van der Waals surface area contributed by atoms with E-state index in [1.165, 1.54) is 12.1 Å². The van der Waals surface area contributed by atoms with Gasteiger partial charge in [-0.15, -0.1) is 0 Å². The van der Waals surface area contributed by atoms with E-state index in [0.29, 0.717) is 11.5 Å². The third-order valence-corrected chi connectivity index (χ3v) is 2.71. The summed E-state index contributed by atoms with van der Waals surface area (Å²) < 4.78 is 43.1. The highest BCUT2D eigenvalue weighted by Gasteiger charge is 2.30. The number of rotatable bonds is 5. The summed E-state index contributed by atoms with van der Waals surface area (Å²) in [4.78, 5) is 4.29. The third-order valence-electron chi connectivity index (χ3n) is 2.71. The normalized spacial score (nSPS) is 11.2. The van der Waals surface area contributed by atoms with Crippen LogP contribution in [0, 0.1) is 0 Å². The summed E-state index contributed by atoms with van der Waals surface area (Å²) in [6, 6.07) is 10.2. The number of nitrogens with zero attached hydrogens (tertiary/aromatic N) is 1. The molecule has 0 amide bonds. The molecule has 0 aliphatic carbocycles. The molecule has 1 aromatic carbocycles. The highest BCUT2D eigenvalue weighted by molar-refractivity contribution is 5.35. The molecule has 0 fully saturated rings. The van der Waals surface area contributed by atoms with Crippen molar-refractivity contribution < 1.29 is 17.9 Å². The van der Waals surface area contributed by atoms with Crippen molar-refractivity contribution in [2.45, 2.75) is 19.7 Å². The quantitative estimate of drug-likeness (QED) is 0.901. The molecule has 2 rings (SSSR count). The van der Waals surface area contributed by atoms with E-state index in [1.807, 2.05) is 19.1 Å². The van der Waals surface area contributed by atoms with E-state index in [1.54, 1.807) is 6.07 Å². The molecule has 0 unspecified atom stereocenters. The van der Waals surface area contributed by atoms with Crippen molar-refractivity contribution >= 4 is 5.82 Å². The van der Waals surface area contributed by atoms with Crippen LogP contribution in [-0.2, 0) is 12.8 Å². The fraction of sp³-hybridized carbons (Fsp3) is 0.267. The number of anilines is 1. The molecule has 0 saturated carbocycles. The number of aromatic nitrogens is 1. The van der Waals surface area contributed by atoms with Gasteiger partial charge in [-0.2, -0.15) is 13.2 Å². The van der Waals surface area contributed by atoms with Crippen LogP contribution in [0.5, 0.6) is 5.75 Å². The number of benzene rings is 1. The summed E-state index contributed by atoms with van der Waals surface area (Å²) in [5.41, 5.74) is -0.0831. The Hall–Kier alpha value is -2.24. The predicted octanol–water partition coefficient (Wildman–Crippen LogP) is 4.11. The zero-order chi connectivity index (χ0) is 15.3.